The van der Waals surface area contributed by atoms with Crippen molar-refractivity contribution in [3.63, 3.8) is 0 Å². The summed E-state index contributed by atoms with van der Waals surface area (Å²) in [6, 6.07) is 8.12. The molecule has 6 rings (SSSR count). The number of amides is 2. The van der Waals surface area contributed by atoms with E-state index < -0.39 is 53.5 Å². The number of aromatic nitrogens is 7. The van der Waals surface area contributed by atoms with Crippen LogP contribution in [-0.2, 0) is 12.7 Å². The summed E-state index contributed by atoms with van der Waals surface area (Å²) in [5.74, 6) is -3.60. The number of carbonyl (C=O) groups is 2. The van der Waals surface area contributed by atoms with Gasteiger partial charge in [-0.1, -0.05) is 23.7 Å². The average Bonchev–Trinajstić information content (AvgIpc) is 3.66. The van der Waals surface area contributed by atoms with Crippen molar-refractivity contribution in [3.8, 4) is 39.8 Å². The Morgan fingerprint density at radius 3 is 2.37 bits per heavy atom. The zero-order valence-electron chi connectivity index (χ0n) is 23.0. The molecule has 0 fully saturated rings. The third kappa shape index (κ3) is 5.31. The monoisotopic (exact) mass is 661 g/mol. The number of pyridine rings is 1. The van der Waals surface area contributed by atoms with E-state index in [2.05, 4.69) is 35.0 Å². The number of alkyl halides is 5. The first kappa shape index (κ1) is 30.4. The highest BCUT2D eigenvalue weighted by molar-refractivity contribution is 6.32. The summed E-state index contributed by atoms with van der Waals surface area (Å²) >= 11 is 6.36. The number of aryl methyl sites for hydroxylation is 1. The normalized spacial score (nSPS) is 13.6. The van der Waals surface area contributed by atoms with Crippen LogP contribution in [0.2, 0.25) is 5.02 Å². The van der Waals surface area contributed by atoms with Crippen LogP contribution in [-0.4, -0.2) is 53.1 Å². The van der Waals surface area contributed by atoms with Crippen molar-refractivity contribution in [1.82, 2.24) is 35.0 Å². The topological polar surface area (TPSA) is 179 Å². The first-order valence-corrected chi connectivity index (χ1v) is 13.2. The molecule has 2 amide bonds. The minimum atomic E-state index is -4.56. The first-order chi connectivity index (χ1) is 21.6. The zero-order chi connectivity index (χ0) is 33.1. The van der Waals surface area contributed by atoms with E-state index in [4.69, 9.17) is 23.1 Å². The summed E-state index contributed by atoms with van der Waals surface area (Å²) in [7, 11) is 0. The number of benzene rings is 2. The van der Waals surface area contributed by atoms with Gasteiger partial charge in [-0.25, -0.2) is 9.67 Å². The number of hydrogen-bond acceptors (Lipinski definition) is 9. The van der Waals surface area contributed by atoms with Crippen LogP contribution in [0, 0.1) is 6.92 Å². The minimum Gasteiger partial charge on any atom is -0.395 e. The third-order valence-electron chi connectivity index (χ3n) is 6.73. The Balaban J connectivity index is 1.55. The Morgan fingerprint density at radius 1 is 1.02 bits per heavy atom. The van der Waals surface area contributed by atoms with Gasteiger partial charge in [-0.05, 0) is 48.0 Å². The van der Waals surface area contributed by atoms with Crippen molar-refractivity contribution in [3.05, 3.63) is 81.8 Å². The number of halogens is 6. The lowest BCUT2D eigenvalue weighted by atomic mass is 9.91. The van der Waals surface area contributed by atoms with Crippen LogP contribution in [0.15, 0.2) is 48.7 Å². The van der Waals surface area contributed by atoms with Crippen LogP contribution >= 0.6 is 11.6 Å². The van der Waals surface area contributed by atoms with Gasteiger partial charge in [-0.2, -0.15) is 23.1 Å². The van der Waals surface area contributed by atoms with Gasteiger partial charge in [0.25, 0.3) is 11.8 Å². The SMILES string of the molecule is Cc1cc2c(c(C(N)=O)c1-c1c(Cn3nnc(-c4ccc(C(F)(F)F)cc4)n3)nn(-c3ncccc3Cl)c1C(N)=O)OC(F)(F)O2. The Hall–Kier alpha value is -5.65. The zero-order valence-corrected chi connectivity index (χ0v) is 23.8. The summed E-state index contributed by atoms with van der Waals surface area (Å²) in [6.45, 7) is 1.03. The van der Waals surface area contributed by atoms with Crippen molar-refractivity contribution in [2.75, 3.05) is 0 Å². The lowest BCUT2D eigenvalue weighted by Crippen LogP contribution is -2.26. The fourth-order valence-electron chi connectivity index (χ4n) is 4.89. The fraction of sp³-hybridized carbons (Fsp3) is 0.148. The van der Waals surface area contributed by atoms with E-state index in [0.29, 0.717) is 0 Å². The van der Waals surface area contributed by atoms with Crippen LogP contribution in [0.5, 0.6) is 11.5 Å². The van der Waals surface area contributed by atoms with Gasteiger partial charge >= 0.3 is 12.5 Å². The van der Waals surface area contributed by atoms with Crippen LogP contribution in [0.3, 0.4) is 0 Å². The van der Waals surface area contributed by atoms with E-state index in [0.717, 1.165) is 39.8 Å². The molecule has 5 aromatic rings. The molecule has 46 heavy (non-hydrogen) atoms. The Labute approximate surface area is 258 Å². The Morgan fingerprint density at radius 2 is 1.74 bits per heavy atom. The molecular formula is C27H17ClF5N9O4. The highest BCUT2D eigenvalue weighted by Gasteiger charge is 2.47. The van der Waals surface area contributed by atoms with E-state index in [1.54, 1.807) is 0 Å². The van der Waals surface area contributed by atoms with Gasteiger partial charge in [0.15, 0.2) is 17.3 Å². The lowest BCUT2D eigenvalue weighted by Gasteiger charge is -2.15. The summed E-state index contributed by atoms with van der Waals surface area (Å²) < 4.78 is 77.4. The van der Waals surface area contributed by atoms with E-state index in [1.807, 2.05) is 0 Å². The molecule has 2 aromatic carbocycles. The molecule has 0 bridgehead atoms. The Bertz CT molecular complexity index is 2040. The van der Waals surface area contributed by atoms with E-state index in [9.17, 15) is 31.5 Å². The van der Waals surface area contributed by atoms with Gasteiger partial charge in [0, 0.05) is 22.9 Å². The summed E-state index contributed by atoms with van der Waals surface area (Å²) in [5, 5.41) is 16.5. The molecule has 0 spiro atoms. The molecule has 0 atom stereocenters. The van der Waals surface area contributed by atoms with Gasteiger partial charge in [0.1, 0.15) is 12.2 Å². The van der Waals surface area contributed by atoms with Crippen molar-refractivity contribution in [1.29, 1.82) is 0 Å². The number of ether oxygens (including phenoxy) is 2. The molecule has 0 aliphatic carbocycles. The van der Waals surface area contributed by atoms with E-state index in [-0.39, 0.29) is 50.3 Å². The summed E-state index contributed by atoms with van der Waals surface area (Å²) in [6.07, 6.45) is -7.33. The van der Waals surface area contributed by atoms with Gasteiger partial charge in [-0.15, -0.1) is 19.0 Å². The lowest BCUT2D eigenvalue weighted by molar-refractivity contribution is -0.286. The second-order valence-corrected chi connectivity index (χ2v) is 10.2. The number of primary amides is 2. The van der Waals surface area contributed by atoms with Crippen LogP contribution in [0.4, 0.5) is 22.0 Å². The number of hydrogen-bond donors (Lipinski definition) is 2. The second kappa shape index (κ2) is 10.8. The molecule has 0 saturated carbocycles. The predicted molar refractivity (Wildman–Crippen MR) is 147 cm³/mol. The summed E-state index contributed by atoms with van der Waals surface area (Å²) in [5.41, 5.74) is 9.58. The number of carbonyl (C=O) groups excluding carboxylic acids is 2. The molecule has 4 heterocycles. The molecule has 3 aromatic heterocycles. The van der Waals surface area contributed by atoms with Crippen LogP contribution in [0.1, 0.15) is 37.7 Å². The molecule has 4 N–H and O–H groups in total. The van der Waals surface area contributed by atoms with Crippen LogP contribution < -0.4 is 20.9 Å². The maximum absolute atomic E-state index is 14.1. The molecule has 1 aliphatic heterocycles. The average molecular weight is 662 g/mol. The Kier molecular flexibility index (Phi) is 7.10. The number of tetrazole rings is 1. The summed E-state index contributed by atoms with van der Waals surface area (Å²) in [4.78, 5) is 31.0. The maximum Gasteiger partial charge on any atom is 0.586 e. The van der Waals surface area contributed by atoms with Gasteiger partial charge in [0.2, 0.25) is 5.82 Å². The highest BCUT2D eigenvalue weighted by Crippen LogP contribution is 2.49. The predicted octanol–water partition coefficient (Wildman–Crippen LogP) is 4.14. The number of rotatable bonds is 7. The molecule has 0 unspecified atom stereocenters. The largest absolute Gasteiger partial charge is 0.586 e. The van der Waals surface area contributed by atoms with Crippen molar-refractivity contribution in [2.45, 2.75) is 25.9 Å². The van der Waals surface area contributed by atoms with Gasteiger partial charge < -0.3 is 20.9 Å². The molecule has 236 valence electrons. The molecule has 19 heteroatoms. The molecule has 0 radical (unpaired) electrons. The molecular weight excluding hydrogens is 645 g/mol. The molecule has 0 saturated heterocycles. The smallest absolute Gasteiger partial charge is 0.395 e. The maximum atomic E-state index is 14.1. The van der Waals surface area contributed by atoms with E-state index >= 15 is 0 Å². The number of nitrogens with zero attached hydrogens (tertiary/aromatic N) is 7. The van der Waals surface area contributed by atoms with Crippen molar-refractivity contribution in [2.24, 2.45) is 11.5 Å². The quantitative estimate of drug-likeness (QED) is 0.243. The second-order valence-electron chi connectivity index (χ2n) is 9.78. The van der Waals surface area contributed by atoms with Gasteiger partial charge in [-0.3, -0.25) is 9.59 Å². The minimum absolute atomic E-state index is 0.0336. The first-order valence-electron chi connectivity index (χ1n) is 12.9. The number of nitrogens with two attached hydrogens (primary N) is 2. The standard InChI is InChI=1S/C27H17ClF5N9O4/c1-11-9-16-21(46-27(32,33)45-16)19(22(34)43)17(11)18-15(38-42(20(18)23(35)44)25-14(28)3-2-8-36-25)10-41-39-24(37-40-41)12-4-6-13(7-5-12)26(29,30)31/h2-9H,10H2,1H3,(H2,34,43)(H2,35,44). The molecule has 13 nitrogen and oxygen atoms in total. The number of fused-ring (bicyclic) bond motifs is 1. The highest BCUT2D eigenvalue weighted by atomic mass is 35.5. The van der Waals surface area contributed by atoms with Crippen molar-refractivity contribution >= 4 is 23.4 Å². The van der Waals surface area contributed by atoms with Crippen molar-refractivity contribution < 1.29 is 41.0 Å². The third-order valence-corrected chi connectivity index (χ3v) is 7.03. The van der Waals surface area contributed by atoms with E-state index in [1.165, 1.54) is 25.3 Å². The van der Waals surface area contributed by atoms with Crippen LogP contribution in [0.25, 0.3) is 28.3 Å². The fourth-order valence-corrected chi connectivity index (χ4v) is 5.09. The molecule has 1 aliphatic rings. The van der Waals surface area contributed by atoms with Gasteiger partial charge in [0.05, 0.1) is 21.8 Å².